The highest BCUT2D eigenvalue weighted by Gasteiger charge is 2.11. The van der Waals surface area contributed by atoms with Gasteiger partial charge in [-0.2, -0.15) is 5.10 Å². The van der Waals surface area contributed by atoms with E-state index in [2.05, 4.69) is 60.7 Å². The Bertz CT molecular complexity index is 1530. The minimum atomic E-state index is -0.0966. The van der Waals surface area contributed by atoms with E-state index >= 15 is 0 Å². The summed E-state index contributed by atoms with van der Waals surface area (Å²) in [4.78, 5) is 22.0. The first-order valence-corrected chi connectivity index (χ1v) is 12.9. The molecule has 0 aliphatic carbocycles. The summed E-state index contributed by atoms with van der Waals surface area (Å²) in [6.07, 6.45) is 8.94. The van der Waals surface area contributed by atoms with E-state index in [1.165, 1.54) is 50.9 Å². The number of likely N-dealkylation sites (tertiary alicyclic amines) is 1. The van der Waals surface area contributed by atoms with Crippen LogP contribution in [0.25, 0.3) is 44.2 Å². The van der Waals surface area contributed by atoms with Crippen molar-refractivity contribution in [3.05, 3.63) is 76.8 Å². The summed E-state index contributed by atoms with van der Waals surface area (Å²) in [5.41, 5.74) is 6.55. The molecule has 7 nitrogen and oxygen atoms in total. The molecular formula is C29H32N6O. The molecule has 0 radical (unpaired) electrons. The van der Waals surface area contributed by atoms with E-state index in [4.69, 9.17) is 0 Å². The number of benzene rings is 2. The zero-order chi connectivity index (χ0) is 24.3. The maximum atomic E-state index is 12.9. The molecular weight excluding hydrogens is 448 g/mol. The predicted octanol–water partition coefficient (Wildman–Crippen LogP) is 5.03. The molecule has 1 saturated heterocycles. The molecule has 0 unspecified atom stereocenters. The van der Waals surface area contributed by atoms with E-state index in [9.17, 15) is 4.79 Å². The normalized spacial score (nSPS) is 14.7. The number of nitrogens with zero attached hydrogens (tertiary/aromatic N) is 2. The minimum absolute atomic E-state index is 0.0966. The van der Waals surface area contributed by atoms with Gasteiger partial charge in [-0.25, -0.2) is 0 Å². The van der Waals surface area contributed by atoms with Gasteiger partial charge in [-0.3, -0.25) is 9.89 Å². The molecule has 1 fully saturated rings. The molecule has 2 aromatic carbocycles. The second-order valence-corrected chi connectivity index (χ2v) is 9.84. The summed E-state index contributed by atoms with van der Waals surface area (Å²) >= 11 is 0. The highest BCUT2D eigenvalue weighted by molar-refractivity contribution is 5.90. The highest BCUT2D eigenvalue weighted by Crippen LogP contribution is 2.27. The molecule has 4 N–H and O–H groups in total. The van der Waals surface area contributed by atoms with Crippen molar-refractivity contribution >= 4 is 21.8 Å². The zero-order valence-electron chi connectivity index (χ0n) is 20.4. The van der Waals surface area contributed by atoms with Crippen molar-refractivity contribution in [1.82, 2.24) is 30.4 Å². The van der Waals surface area contributed by atoms with Crippen LogP contribution in [0.3, 0.4) is 0 Å². The number of nitrogens with one attached hydrogen (secondary N) is 4. The Labute approximate surface area is 209 Å². The quantitative estimate of drug-likeness (QED) is 0.234. The molecule has 3 aromatic heterocycles. The Morgan fingerprint density at radius 2 is 1.72 bits per heavy atom. The van der Waals surface area contributed by atoms with Gasteiger partial charge >= 0.3 is 0 Å². The third-order valence-electron chi connectivity index (χ3n) is 7.26. The number of aromatic amines is 3. The molecule has 7 heteroatoms. The highest BCUT2D eigenvalue weighted by atomic mass is 16.1. The summed E-state index contributed by atoms with van der Waals surface area (Å²) in [5.74, 6) is 0. The number of hydrogen-bond donors (Lipinski definition) is 4. The fourth-order valence-corrected chi connectivity index (χ4v) is 5.28. The molecule has 1 aliphatic rings. The Morgan fingerprint density at radius 3 is 2.58 bits per heavy atom. The van der Waals surface area contributed by atoms with Gasteiger partial charge in [0.1, 0.15) is 0 Å². The number of H-pyrrole nitrogens is 3. The van der Waals surface area contributed by atoms with Gasteiger partial charge in [0.2, 0.25) is 0 Å². The fourth-order valence-electron chi connectivity index (χ4n) is 5.28. The third kappa shape index (κ3) is 4.85. The molecule has 4 heterocycles. The maximum Gasteiger partial charge on any atom is 0.257 e. The van der Waals surface area contributed by atoms with Crippen LogP contribution in [0.5, 0.6) is 0 Å². The lowest BCUT2D eigenvalue weighted by molar-refractivity contribution is 0.225. The zero-order valence-corrected chi connectivity index (χ0v) is 20.4. The molecule has 36 heavy (non-hydrogen) atoms. The van der Waals surface area contributed by atoms with Gasteiger partial charge in [-0.15, -0.1) is 0 Å². The van der Waals surface area contributed by atoms with Crippen LogP contribution in [0.1, 0.15) is 31.2 Å². The average Bonchev–Trinajstić information content (AvgIpc) is 3.59. The van der Waals surface area contributed by atoms with E-state index in [1.807, 2.05) is 24.4 Å². The van der Waals surface area contributed by atoms with Crippen molar-refractivity contribution in [3.63, 3.8) is 0 Å². The van der Waals surface area contributed by atoms with Crippen molar-refractivity contribution in [2.45, 2.75) is 32.2 Å². The molecule has 0 atom stereocenters. The SMILES string of the molecule is O=c1[nH]c2ccc(-c3cn[nH]c3)cc2cc1-c1cc2cc(CNCCCN3CCCCC3)ccc2[nH]1. The summed E-state index contributed by atoms with van der Waals surface area (Å²) in [6, 6.07) is 16.5. The van der Waals surface area contributed by atoms with E-state index < -0.39 is 0 Å². The summed E-state index contributed by atoms with van der Waals surface area (Å²) in [5, 5.41) is 12.6. The lowest BCUT2D eigenvalue weighted by Crippen LogP contribution is -2.32. The second-order valence-electron chi connectivity index (χ2n) is 9.84. The van der Waals surface area contributed by atoms with Crippen LogP contribution in [0.2, 0.25) is 0 Å². The number of hydrogen-bond acceptors (Lipinski definition) is 4. The smallest absolute Gasteiger partial charge is 0.257 e. The Morgan fingerprint density at radius 1 is 0.889 bits per heavy atom. The number of piperidine rings is 1. The van der Waals surface area contributed by atoms with Crippen LogP contribution in [-0.2, 0) is 6.54 Å². The summed E-state index contributed by atoms with van der Waals surface area (Å²) in [6.45, 7) is 5.59. The second kappa shape index (κ2) is 10.1. The third-order valence-corrected chi connectivity index (χ3v) is 7.26. The predicted molar refractivity (Wildman–Crippen MR) is 146 cm³/mol. The van der Waals surface area contributed by atoms with Crippen molar-refractivity contribution < 1.29 is 0 Å². The number of rotatable bonds is 8. The largest absolute Gasteiger partial charge is 0.354 e. The van der Waals surface area contributed by atoms with Crippen LogP contribution in [0.15, 0.2) is 65.7 Å². The van der Waals surface area contributed by atoms with Crippen molar-refractivity contribution in [2.24, 2.45) is 0 Å². The Balaban J connectivity index is 1.17. The molecule has 1 aliphatic heterocycles. The lowest BCUT2D eigenvalue weighted by Gasteiger charge is -2.26. The topological polar surface area (TPSA) is 92.6 Å². The van der Waals surface area contributed by atoms with Gasteiger partial charge in [0, 0.05) is 34.7 Å². The molecule has 0 spiro atoms. The number of aromatic nitrogens is 4. The number of pyridine rings is 1. The van der Waals surface area contributed by atoms with Crippen molar-refractivity contribution in [2.75, 3.05) is 26.2 Å². The van der Waals surface area contributed by atoms with Crippen LogP contribution in [0, 0.1) is 0 Å². The van der Waals surface area contributed by atoms with Gasteiger partial charge in [0.05, 0.1) is 17.5 Å². The molecule has 184 valence electrons. The van der Waals surface area contributed by atoms with Crippen molar-refractivity contribution in [3.8, 4) is 22.4 Å². The molecule has 6 rings (SSSR count). The molecule has 0 bridgehead atoms. The van der Waals surface area contributed by atoms with Gasteiger partial charge in [-0.1, -0.05) is 18.6 Å². The maximum absolute atomic E-state index is 12.9. The van der Waals surface area contributed by atoms with E-state index in [0.717, 1.165) is 51.7 Å². The van der Waals surface area contributed by atoms with Gasteiger partial charge in [0.25, 0.3) is 5.56 Å². The van der Waals surface area contributed by atoms with Gasteiger partial charge < -0.3 is 20.2 Å². The molecule has 5 aromatic rings. The number of fused-ring (bicyclic) bond motifs is 2. The van der Waals surface area contributed by atoms with Gasteiger partial charge in [-0.05, 0) is 98.4 Å². The molecule has 0 saturated carbocycles. The van der Waals surface area contributed by atoms with Crippen LogP contribution in [0.4, 0.5) is 0 Å². The van der Waals surface area contributed by atoms with Crippen molar-refractivity contribution in [1.29, 1.82) is 0 Å². The van der Waals surface area contributed by atoms with E-state index in [1.54, 1.807) is 6.20 Å². The van der Waals surface area contributed by atoms with Crippen LogP contribution in [-0.4, -0.2) is 51.2 Å². The van der Waals surface area contributed by atoms with Crippen LogP contribution >= 0.6 is 0 Å². The first kappa shape index (κ1) is 22.8. The monoisotopic (exact) mass is 480 g/mol. The lowest BCUT2D eigenvalue weighted by atomic mass is 10.0. The summed E-state index contributed by atoms with van der Waals surface area (Å²) in [7, 11) is 0. The molecule has 0 amide bonds. The van der Waals surface area contributed by atoms with Gasteiger partial charge in [0.15, 0.2) is 0 Å². The Hall–Kier alpha value is -3.68. The average molecular weight is 481 g/mol. The summed E-state index contributed by atoms with van der Waals surface area (Å²) < 4.78 is 0. The standard InChI is InChI=1S/C29H32N6O/c36-29-25(15-23-14-21(6-8-27(23)34-29)24-18-31-32-19-24)28-16-22-13-20(5-7-26(22)33-28)17-30-9-4-12-35-10-2-1-3-11-35/h5-8,13-16,18-19,30,33H,1-4,9-12,17H2,(H,31,32)(H,34,36). The van der Waals surface area contributed by atoms with E-state index in [0.29, 0.717) is 5.56 Å². The minimum Gasteiger partial charge on any atom is -0.354 e. The van der Waals surface area contributed by atoms with E-state index in [-0.39, 0.29) is 5.56 Å². The first-order valence-electron chi connectivity index (χ1n) is 12.9. The Kier molecular flexibility index (Phi) is 6.40. The first-order chi connectivity index (χ1) is 17.7. The van der Waals surface area contributed by atoms with Crippen LogP contribution < -0.4 is 10.9 Å². The fraction of sp³-hybridized carbons (Fsp3) is 0.310.